The van der Waals surface area contributed by atoms with Crippen LogP contribution in [0.4, 0.5) is 20.6 Å². The van der Waals surface area contributed by atoms with E-state index >= 15 is 4.39 Å². The number of halogens is 1. The first-order valence-electron chi connectivity index (χ1n) is 12.1. The van der Waals surface area contributed by atoms with Gasteiger partial charge in [-0.2, -0.15) is 0 Å². The molecule has 0 saturated heterocycles. The van der Waals surface area contributed by atoms with E-state index in [0.717, 1.165) is 5.69 Å². The van der Waals surface area contributed by atoms with Crippen LogP contribution in [0, 0.1) is 19.3 Å². The summed E-state index contributed by atoms with van der Waals surface area (Å²) < 4.78 is 32.1. The number of nitrogens with zero attached hydrogens (tertiary/aromatic N) is 5. The first-order valence-corrected chi connectivity index (χ1v) is 13.0. The highest BCUT2D eigenvalue weighted by Crippen LogP contribution is 2.38. The molecule has 0 bridgehead atoms. The molecule has 0 aliphatic rings. The molecular weight excluding hydrogens is 535 g/mol. The van der Waals surface area contributed by atoms with Crippen molar-refractivity contribution in [3.63, 3.8) is 0 Å². The van der Waals surface area contributed by atoms with Gasteiger partial charge in [-0.3, -0.25) is 10.3 Å². The van der Waals surface area contributed by atoms with E-state index in [1.807, 2.05) is 6.92 Å². The van der Waals surface area contributed by atoms with E-state index in [9.17, 15) is 4.79 Å². The minimum atomic E-state index is -0.691. The topological polar surface area (TPSA) is 113 Å². The Kier molecular flexibility index (Phi) is 7.39. The smallest absolute Gasteiger partial charge is 0.412 e. The Labute approximate surface area is 232 Å². The Bertz CT molecular complexity index is 1770. The van der Waals surface area contributed by atoms with E-state index < -0.39 is 24.1 Å². The number of anilines is 1. The molecule has 2 atom stereocenters. The van der Waals surface area contributed by atoms with Crippen molar-refractivity contribution in [1.82, 2.24) is 19.9 Å². The molecule has 202 valence electrons. The lowest BCUT2D eigenvalue weighted by atomic mass is 10.1. The molecule has 5 aromatic rings. The zero-order valence-corrected chi connectivity index (χ0v) is 22.7. The average molecular weight is 559 g/mol. The van der Waals surface area contributed by atoms with Crippen LogP contribution in [-0.2, 0) is 4.74 Å². The second kappa shape index (κ2) is 11.1. The summed E-state index contributed by atoms with van der Waals surface area (Å²) in [6.45, 7) is 12.7. The van der Waals surface area contributed by atoms with Crippen LogP contribution in [0.25, 0.3) is 36.7 Å². The number of amides is 1. The van der Waals surface area contributed by atoms with E-state index in [1.165, 1.54) is 36.9 Å². The normalized spacial score (nSPS) is 12.5. The van der Waals surface area contributed by atoms with Crippen LogP contribution >= 0.6 is 11.3 Å². The first-order chi connectivity index (χ1) is 19.2. The maximum Gasteiger partial charge on any atom is 0.412 e. The number of rotatable bonds is 7. The molecule has 0 fully saturated rings. The SMILES string of the molecule is [C-]#[N+]c1cc(-c2nc3cc(F)c(O[C@@H](C)[C@@H](C)OC(=O)Nc4ccc(C)nc4)cc3s2)c2ncc(OC)nc2c1. The van der Waals surface area contributed by atoms with Crippen LogP contribution in [0.3, 0.4) is 0 Å². The lowest BCUT2D eigenvalue weighted by Gasteiger charge is -2.22. The van der Waals surface area contributed by atoms with Crippen LogP contribution in [0.1, 0.15) is 19.5 Å². The van der Waals surface area contributed by atoms with Crippen LogP contribution in [0.2, 0.25) is 0 Å². The van der Waals surface area contributed by atoms with Gasteiger partial charge in [0.2, 0.25) is 5.88 Å². The fraction of sp³-hybridized carbons (Fsp3) is 0.214. The number of pyridine rings is 1. The predicted octanol–water partition coefficient (Wildman–Crippen LogP) is 6.71. The number of hydrogen-bond donors (Lipinski definition) is 1. The van der Waals surface area contributed by atoms with Crippen molar-refractivity contribution in [3.8, 4) is 22.2 Å². The van der Waals surface area contributed by atoms with Crippen molar-refractivity contribution in [2.75, 3.05) is 12.4 Å². The van der Waals surface area contributed by atoms with Crippen molar-refractivity contribution in [3.05, 3.63) is 71.7 Å². The van der Waals surface area contributed by atoms with Gasteiger partial charge in [-0.15, -0.1) is 11.3 Å². The van der Waals surface area contributed by atoms with Crippen molar-refractivity contribution < 1.29 is 23.4 Å². The Morgan fingerprint density at radius 2 is 1.90 bits per heavy atom. The van der Waals surface area contributed by atoms with E-state index in [4.69, 9.17) is 20.8 Å². The maximum atomic E-state index is 15.0. The third-order valence-corrected chi connectivity index (χ3v) is 7.10. The molecule has 3 heterocycles. The number of aryl methyl sites for hydroxylation is 1. The minimum absolute atomic E-state index is 0.00177. The van der Waals surface area contributed by atoms with Crippen LogP contribution in [0.15, 0.2) is 48.8 Å². The summed E-state index contributed by atoms with van der Waals surface area (Å²) in [6, 6.07) is 9.64. The number of thiazole rings is 1. The summed E-state index contributed by atoms with van der Waals surface area (Å²) in [7, 11) is 1.49. The third kappa shape index (κ3) is 5.60. The largest absolute Gasteiger partial charge is 0.484 e. The average Bonchev–Trinajstić information content (AvgIpc) is 3.35. The van der Waals surface area contributed by atoms with Gasteiger partial charge in [0.1, 0.15) is 17.2 Å². The molecule has 0 aliphatic heterocycles. The quantitative estimate of drug-likeness (QED) is 0.219. The summed E-state index contributed by atoms with van der Waals surface area (Å²) in [5.41, 5.74) is 3.74. The fourth-order valence-corrected chi connectivity index (χ4v) is 4.80. The van der Waals surface area contributed by atoms with Crippen LogP contribution in [0.5, 0.6) is 11.6 Å². The highest BCUT2D eigenvalue weighted by molar-refractivity contribution is 7.21. The van der Waals surface area contributed by atoms with Crippen LogP contribution in [-0.4, -0.2) is 45.3 Å². The molecule has 12 heteroatoms. The van der Waals surface area contributed by atoms with Crippen LogP contribution < -0.4 is 14.8 Å². The summed E-state index contributed by atoms with van der Waals surface area (Å²) in [6.07, 6.45) is 0.991. The van der Waals surface area contributed by atoms with Gasteiger partial charge in [0.25, 0.3) is 0 Å². The molecule has 40 heavy (non-hydrogen) atoms. The summed E-state index contributed by atoms with van der Waals surface area (Å²) in [5.74, 6) is -0.285. The molecule has 0 unspecified atom stereocenters. The molecule has 0 radical (unpaired) electrons. The van der Waals surface area contributed by atoms with E-state index in [0.29, 0.717) is 49.1 Å². The first kappa shape index (κ1) is 26.7. The minimum Gasteiger partial charge on any atom is -0.484 e. The number of carbonyl (C=O) groups excluding carboxylic acids is 1. The lowest BCUT2D eigenvalue weighted by Crippen LogP contribution is -2.32. The Morgan fingerprint density at radius 3 is 2.62 bits per heavy atom. The molecule has 0 spiro atoms. The number of ether oxygens (including phenoxy) is 3. The predicted molar refractivity (Wildman–Crippen MR) is 150 cm³/mol. The van der Waals surface area contributed by atoms with Gasteiger partial charge in [0, 0.05) is 23.4 Å². The number of nitrogens with one attached hydrogen (secondary N) is 1. The van der Waals surface area contributed by atoms with Gasteiger partial charge in [0.05, 0.1) is 53.0 Å². The van der Waals surface area contributed by atoms with Crippen molar-refractivity contribution in [2.45, 2.75) is 33.0 Å². The zero-order chi connectivity index (χ0) is 28.4. The van der Waals surface area contributed by atoms with Crippen molar-refractivity contribution >= 4 is 50.1 Å². The molecule has 5 rings (SSSR count). The highest BCUT2D eigenvalue weighted by Gasteiger charge is 2.22. The third-order valence-electron chi connectivity index (χ3n) is 6.04. The molecule has 1 N–H and O–H groups in total. The number of hydrogen-bond acceptors (Lipinski definition) is 9. The molecule has 10 nitrogen and oxygen atoms in total. The number of aromatic nitrogens is 4. The molecule has 1 amide bonds. The molecule has 0 aliphatic carbocycles. The summed E-state index contributed by atoms with van der Waals surface area (Å²) in [5, 5.41) is 3.15. The molecule has 2 aromatic carbocycles. The molecular formula is C28H23FN6O4S. The van der Waals surface area contributed by atoms with Crippen molar-refractivity contribution in [2.24, 2.45) is 0 Å². The van der Waals surface area contributed by atoms with E-state index in [2.05, 4.69) is 30.1 Å². The second-order valence-electron chi connectivity index (χ2n) is 8.90. The number of carbonyl (C=O) groups is 1. The molecule has 0 saturated carbocycles. The fourth-order valence-electron chi connectivity index (χ4n) is 3.80. The standard InChI is InChI=1S/C28H23FN6O4S/c1-14-6-7-17(12-31-14)33-28(36)39-16(3)15(2)38-23-11-24-21(10-20(23)29)35-27(40-24)19-8-18(30-4)9-22-26(19)32-13-25(34-22)37-5/h6-13,15-16H,1-3,5H3,(H,33,36)/t15-,16+/m0/s1. The molecule has 3 aromatic heterocycles. The maximum absolute atomic E-state index is 15.0. The Hall–Kier alpha value is -4.89. The zero-order valence-electron chi connectivity index (χ0n) is 21.9. The summed E-state index contributed by atoms with van der Waals surface area (Å²) in [4.78, 5) is 33.4. The monoisotopic (exact) mass is 558 g/mol. The van der Waals surface area contributed by atoms with E-state index in [1.54, 1.807) is 44.2 Å². The number of benzene rings is 2. The summed E-state index contributed by atoms with van der Waals surface area (Å²) >= 11 is 1.30. The van der Waals surface area contributed by atoms with Gasteiger partial charge >= 0.3 is 6.09 Å². The van der Waals surface area contributed by atoms with Gasteiger partial charge in [-0.25, -0.2) is 29.0 Å². The Balaban J connectivity index is 1.36. The highest BCUT2D eigenvalue weighted by atomic mass is 32.1. The lowest BCUT2D eigenvalue weighted by molar-refractivity contribution is 0.0402. The van der Waals surface area contributed by atoms with Gasteiger partial charge in [-0.1, -0.05) is 0 Å². The van der Waals surface area contributed by atoms with E-state index in [-0.39, 0.29) is 5.75 Å². The van der Waals surface area contributed by atoms with Gasteiger partial charge in [-0.05, 0) is 45.0 Å². The Morgan fingerprint density at radius 1 is 1.07 bits per heavy atom. The van der Waals surface area contributed by atoms with Gasteiger partial charge in [0.15, 0.2) is 17.3 Å². The van der Waals surface area contributed by atoms with Crippen molar-refractivity contribution in [1.29, 1.82) is 0 Å². The second-order valence-corrected chi connectivity index (χ2v) is 9.93. The number of fused-ring (bicyclic) bond motifs is 2. The van der Waals surface area contributed by atoms with Gasteiger partial charge < -0.3 is 14.2 Å². The number of methoxy groups -OCH3 is 1.